The number of fused-ring (bicyclic) bond motifs is 1. The number of aromatic hydroxyl groups is 4. The molecule has 0 fully saturated rings. The first-order valence-corrected chi connectivity index (χ1v) is 8.40. The van der Waals surface area contributed by atoms with E-state index < -0.39 is 29.8 Å². The molecule has 8 nitrogen and oxygen atoms in total. The van der Waals surface area contributed by atoms with E-state index >= 15 is 0 Å². The smallest absolute Gasteiger partial charge is 0.306 e. The van der Waals surface area contributed by atoms with Gasteiger partial charge in [0, 0.05) is 23.6 Å². The van der Waals surface area contributed by atoms with Crippen molar-refractivity contribution in [3.63, 3.8) is 0 Å². The van der Waals surface area contributed by atoms with Crippen molar-refractivity contribution in [2.24, 2.45) is 0 Å². The molecule has 0 amide bonds. The number of carbonyl (C=O) groups excluding carboxylic acids is 1. The molecular formula is C19H20O8. The van der Waals surface area contributed by atoms with Crippen LogP contribution in [0, 0.1) is 0 Å². The third-order valence-corrected chi connectivity index (χ3v) is 4.47. The van der Waals surface area contributed by atoms with E-state index in [1.807, 2.05) is 0 Å². The van der Waals surface area contributed by atoms with E-state index in [2.05, 4.69) is 0 Å². The van der Waals surface area contributed by atoms with Crippen LogP contribution in [0.3, 0.4) is 0 Å². The van der Waals surface area contributed by atoms with Crippen LogP contribution < -0.4 is 4.74 Å². The zero-order chi connectivity index (χ0) is 19.7. The second-order valence-corrected chi connectivity index (χ2v) is 6.27. The zero-order valence-corrected chi connectivity index (χ0v) is 14.5. The summed E-state index contributed by atoms with van der Waals surface area (Å²) in [7, 11) is 0. The van der Waals surface area contributed by atoms with Gasteiger partial charge in [0.05, 0.1) is 13.0 Å². The molecule has 1 unspecified atom stereocenters. The summed E-state index contributed by atoms with van der Waals surface area (Å²) in [6.07, 6.45) is -2.49. The summed E-state index contributed by atoms with van der Waals surface area (Å²) < 4.78 is 10.7. The molecule has 0 radical (unpaired) electrons. The van der Waals surface area contributed by atoms with Crippen molar-refractivity contribution >= 4 is 5.97 Å². The third kappa shape index (κ3) is 3.56. The normalized spacial score (nSPS) is 21.2. The number of ether oxygens (including phenoxy) is 2. The van der Waals surface area contributed by atoms with Crippen molar-refractivity contribution in [3.8, 4) is 28.7 Å². The quantitative estimate of drug-likeness (QED) is 0.404. The number of hydrogen-bond acceptors (Lipinski definition) is 8. The summed E-state index contributed by atoms with van der Waals surface area (Å²) in [5.74, 6) is -2.61. The summed E-state index contributed by atoms with van der Waals surface area (Å²) in [6.45, 7) is 1.83. The van der Waals surface area contributed by atoms with E-state index in [4.69, 9.17) is 9.47 Å². The Bertz CT molecular complexity index is 863. The molecule has 2 aromatic carbocycles. The minimum atomic E-state index is -1.26. The molecule has 1 heterocycles. The highest BCUT2D eigenvalue weighted by Crippen LogP contribution is 2.49. The van der Waals surface area contributed by atoms with Crippen LogP contribution in [0.15, 0.2) is 30.3 Å². The maximum Gasteiger partial charge on any atom is 0.306 e. The van der Waals surface area contributed by atoms with Crippen molar-refractivity contribution in [2.45, 2.75) is 31.5 Å². The molecule has 1 aliphatic heterocycles. The van der Waals surface area contributed by atoms with Crippen LogP contribution in [0.1, 0.15) is 36.5 Å². The average Bonchev–Trinajstić information content (AvgIpc) is 2.59. The Balaban J connectivity index is 2.05. The number of esters is 1. The van der Waals surface area contributed by atoms with Gasteiger partial charge >= 0.3 is 5.97 Å². The topological polar surface area (TPSA) is 137 Å². The Morgan fingerprint density at radius 2 is 1.81 bits per heavy atom. The van der Waals surface area contributed by atoms with E-state index in [1.54, 1.807) is 6.92 Å². The average molecular weight is 376 g/mol. The lowest BCUT2D eigenvalue weighted by molar-refractivity contribution is -0.145. The monoisotopic (exact) mass is 376 g/mol. The summed E-state index contributed by atoms with van der Waals surface area (Å²) in [4.78, 5) is 12.0. The van der Waals surface area contributed by atoms with Crippen molar-refractivity contribution in [3.05, 3.63) is 41.5 Å². The fourth-order valence-corrected chi connectivity index (χ4v) is 3.26. The van der Waals surface area contributed by atoms with Gasteiger partial charge in [0.15, 0.2) is 17.6 Å². The minimum absolute atomic E-state index is 0.102. The van der Waals surface area contributed by atoms with Gasteiger partial charge in [0.25, 0.3) is 0 Å². The van der Waals surface area contributed by atoms with Crippen LogP contribution in [0.4, 0.5) is 0 Å². The molecule has 0 aromatic heterocycles. The number of aliphatic hydroxyl groups excluding tert-OH is 1. The SMILES string of the molecule is CCOC(=O)CC1c2c(O)cc(O)cc2O[C@H](c2ccc(O)c(O)c2)[C@@H]1O. The first-order valence-electron chi connectivity index (χ1n) is 8.40. The standard InChI is InChI=1S/C19H20O8/c1-2-26-16(24)8-11-17-14(23)6-10(20)7-15(17)27-19(18(11)25)9-3-4-12(21)13(22)5-9/h3-7,11,18-23,25H,2,8H2,1H3/t11?,18-,19-/m1/s1. The van der Waals surface area contributed by atoms with Gasteiger partial charge in [-0.15, -0.1) is 0 Å². The molecule has 0 saturated carbocycles. The van der Waals surface area contributed by atoms with Crippen molar-refractivity contribution in [2.75, 3.05) is 6.61 Å². The van der Waals surface area contributed by atoms with Crippen LogP contribution in [0.25, 0.3) is 0 Å². The van der Waals surface area contributed by atoms with Gasteiger partial charge in [0.1, 0.15) is 23.4 Å². The van der Waals surface area contributed by atoms with E-state index in [0.717, 1.165) is 6.07 Å². The summed E-state index contributed by atoms with van der Waals surface area (Å²) in [6, 6.07) is 6.30. The van der Waals surface area contributed by atoms with Gasteiger partial charge in [-0.2, -0.15) is 0 Å². The first-order chi connectivity index (χ1) is 12.8. The van der Waals surface area contributed by atoms with E-state index in [1.165, 1.54) is 24.3 Å². The number of benzene rings is 2. The lowest BCUT2D eigenvalue weighted by atomic mass is 9.82. The molecule has 8 heteroatoms. The Morgan fingerprint density at radius 1 is 1.07 bits per heavy atom. The molecule has 2 aromatic rings. The number of carbonyl (C=O) groups is 1. The highest BCUT2D eigenvalue weighted by molar-refractivity contribution is 5.72. The van der Waals surface area contributed by atoms with Crippen molar-refractivity contribution < 1.29 is 39.8 Å². The molecule has 0 aliphatic carbocycles. The van der Waals surface area contributed by atoms with E-state index in [0.29, 0.717) is 5.56 Å². The van der Waals surface area contributed by atoms with Crippen LogP contribution in [0.2, 0.25) is 0 Å². The third-order valence-electron chi connectivity index (χ3n) is 4.47. The van der Waals surface area contributed by atoms with Crippen molar-refractivity contribution in [1.82, 2.24) is 0 Å². The van der Waals surface area contributed by atoms with Gasteiger partial charge in [-0.1, -0.05) is 6.07 Å². The highest BCUT2D eigenvalue weighted by atomic mass is 16.5. The molecule has 3 atom stereocenters. The minimum Gasteiger partial charge on any atom is -0.508 e. The predicted octanol–water partition coefficient (Wildman–Crippen LogP) is 2.04. The Morgan fingerprint density at radius 3 is 2.48 bits per heavy atom. The van der Waals surface area contributed by atoms with E-state index in [9.17, 15) is 30.3 Å². The number of phenolic OH excluding ortho intramolecular Hbond substituents is 4. The van der Waals surface area contributed by atoms with Crippen LogP contribution in [-0.2, 0) is 9.53 Å². The largest absolute Gasteiger partial charge is 0.508 e. The highest BCUT2D eigenvalue weighted by Gasteiger charge is 2.41. The Kier molecular flexibility index (Phi) is 5.00. The number of hydrogen-bond donors (Lipinski definition) is 5. The first kappa shape index (κ1) is 18.7. The van der Waals surface area contributed by atoms with Gasteiger partial charge in [0.2, 0.25) is 0 Å². The fourth-order valence-electron chi connectivity index (χ4n) is 3.26. The molecule has 0 spiro atoms. The number of phenols is 4. The van der Waals surface area contributed by atoms with Gasteiger partial charge < -0.3 is 35.0 Å². The van der Waals surface area contributed by atoms with E-state index in [-0.39, 0.29) is 41.6 Å². The molecule has 5 N–H and O–H groups in total. The second-order valence-electron chi connectivity index (χ2n) is 6.27. The van der Waals surface area contributed by atoms with Crippen LogP contribution >= 0.6 is 0 Å². The molecule has 144 valence electrons. The van der Waals surface area contributed by atoms with Crippen LogP contribution in [0.5, 0.6) is 28.7 Å². The molecular weight excluding hydrogens is 356 g/mol. The lowest BCUT2D eigenvalue weighted by Crippen LogP contribution is -2.35. The molecule has 0 bridgehead atoms. The Labute approximate surface area is 154 Å². The number of rotatable bonds is 4. The van der Waals surface area contributed by atoms with Gasteiger partial charge in [-0.05, 0) is 24.6 Å². The van der Waals surface area contributed by atoms with Gasteiger partial charge in [-0.25, -0.2) is 0 Å². The van der Waals surface area contributed by atoms with Gasteiger partial charge in [-0.3, -0.25) is 4.79 Å². The fraction of sp³-hybridized carbons (Fsp3) is 0.316. The maximum absolute atomic E-state index is 12.0. The molecule has 27 heavy (non-hydrogen) atoms. The molecule has 0 saturated heterocycles. The number of aliphatic hydroxyl groups is 1. The lowest BCUT2D eigenvalue weighted by Gasteiger charge is -2.37. The Hall–Kier alpha value is -3.13. The predicted molar refractivity (Wildman–Crippen MR) is 92.9 cm³/mol. The maximum atomic E-state index is 12.0. The zero-order valence-electron chi connectivity index (χ0n) is 14.5. The second kappa shape index (κ2) is 7.24. The molecule has 3 rings (SSSR count). The van der Waals surface area contributed by atoms with Crippen LogP contribution in [-0.4, -0.2) is 44.2 Å². The summed E-state index contributed by atoms with van der Waals surface area (Å²) in [5, 5.41) is 50.1. The summed E-state index contributed by atoms with van der Waals surface area (Å²) in [5.41, 5.74) is 0.535. The van der Waals surface area contributed by atoms with Crippen molar-refractivity contribution in [1.29, 1.82) is 0 Å². The summed E-state index contributed by atoms with van der Waals surface area (Å²) >= 11 is 0. The molecule has 1 aliphatic rings.